The maximum Gasteiger partial charge on any atom is 0.331 e. The van der Waals surface area contributed by atoms with Crippen LogP contribution in [0.5, 0.6) is 11.5 Å². The van der Waals surface area contributed by atoms with Gasteiger partial charge in [0.15, 0.2) is 18.1 Å². The van der Waals surface area contributed by atoms with Crippen molar-refractivity contribution in [2.75, 3.05) is 27.4 Å². The van der Waals surface area contributed by atoms with E-state index in [1.807, 2.05) is 0 Å². The fourth-order valence-corrected chi connectivity index (χ4v) is 1.55. The Bertz CT molecular complexity index is 525. The number of carbonyl (C=O) groups is 2. The van der Waals surface area contributed by atoms with Crippen molar-refractivity contribution in [2.24, 2.45) is 0 Å². The number of hydrogen-bond donors (Lipinski definition) is 1. The summed E-state index contributed by atoms with van der Waals surface area (Å²) in [5.41, 5.74) is 0.752. The van der Waals surface area contributed by atoms with Gasteiger partial charge in [-0.3, -0.25) is 4.79 Å². The van der Waals surface area contributed by atoms with E-state index in [4.69, 9.17) is 14.2 Å². The Morgan fingerprint density at radius 3 is 2.52 bits per heavy atom. The van der Waals surface area contributed by atoms with Crippen molar-refractivity contribution in [3.05, 3.63) is 29.8 Å². The summed E-state index contributed by atoms with van der Waals surface area (Å²) < 4.78 is 15.1. The second kappa shape index (κ2) is 8.63. The van der Waals surface area contributed by atoms with Gasteiger partial charge in [-0.05, 0) is 30.7 Å². The van der Waals surface area contributed by atoms with Gasteiger partial charge in [0.05, 0.1) is 14.2 Å². The molecule has 0 aromatic heterocycles. The molecule has 0 saturated carbocycles. The lowest BCUT2D eigenvalue weighted by atomic mass is 10.2. The van der Waals surface area contributed by atoms with Gasteiger partial charge < -0.3 is 19.5 Å². The van der Waals surface area contributed by atoms with Crippen LogP contribution in [0.25, 0.3) is 6.08 Å². The highest BCUT2D eigenvalue weighted by atomic mass is 16.5. The molecule has 1 aromatic rings. The summed E-state index contributed by atoms with van der Waals surface area (Å²) in [6.45, 7) is 2.00. The summed E-state index contributed by atoms with van der Waals surface area (Å²) in [6, 6.07) is 5.24. The summed E-state index contributed by atoms with van der Waals surface area (Å²) >= 11 is 0. The van der Waals surface area contributed by atoms with Crippen LogP contribution in [0.3, 0.4) is 0 Å². The minimum Gasteiger partial charge on any atom is -0.493 e. The van der Waals surface area contributed by atoms with Crippen LogP contribution in [-0.4, -0.2) is 39.2 Å². The lowest BCUT2D eigenvalue weighted by Crippen LogP contribution is -2.28. The molecule has 6 heteroatoms. The minimum absolute atomic E-state index is 0.289. The zero-order valence-electron chi connectivity index (χ0n) is 12.3. The Morgan fingerprint density at radius 1 is 1.19 bits per heavy atom. The van der Waals surface area contributed by atoms with Crippen LogP contribution in [-0.2, 0) is 14.3 Å². The normalized spacial score (nSPS) is 10.2. The lowest BCUT2D eigenvalue weighted by molar-refractivity contribution is -0.143. The Kier molecular flexibility index (Phi) is 6.80. The highest BCUT2D eigenvalue weighted by Gasteiger charge is 2.05. The maximum atomic E-state index is 11.5. The van der Waals surface area contributed by atoms with E-state index in [1.165, 1.54) is 13.2 Å². The van der Waals surface area contributed by atoms with Crippen molar-refractivity contribution in [1.29, 1.82) is 0 Å². The molecule has 0 heterocycles. The van der Waals surface area contributed by atoms with Crippen LogP contribution in [0.4, 0.5) is 0 Å². The number of benzene rings is 1. The van der Waals surface area contributed by atoms with Gasteiger partial charge in [0.2, 0.25) is 0 Å². The molecule has 0 atom stereocenters. The van der Waals surface area contributed by atoms with Gasteiger partial charge >= 0.3 is 5.97 Å². The first-order chi connectivity index (χ1) is 10.1. The largest absolute Gasteiger partial charge is 0.493 e. The Labute approximate surface area is 123 Å². The molecule has 0 aliphatic rings. The Balaban J connectivity index is 2.59. The third-order valence-electron chi connectivity index (χ3n) is 2.54. The third kappa shape index (κ3) is 5.56. The number of esters is 1. The molecule has 0 aliphatic carbocycles. The predicted octanol–water partition coefficient (Wildman–Crippen LogP) is 1.40. The number of likely N-dealkylation sites (N-methyl/N-ethyl adjacent to an activating group) is 1. The van der Waals surface area contributed by atoms with Crippen LogP contribution in [0, 0.1) is 0 Å². The molecular formula is C15H19NO5. The van der Waals surface area contributed by atoms with E-state index in [9.17, 15) is 9.59 Å². The van der Waals surface area contributed by atoms with Gasteiger partial charge in [-0.1, -0.05) is 6.07 Å². The van der Waals surface area contributed by atoms with E-state index in [-0.39, 0.29) is 12.5 Å². The molecule has 0 aliphatic heterocycles. The first-order valence-electron chi connectivity index (χ1n) is 6.44. The predicted molar refractivity (Wildman–Crippen MR) is 78.2 cm³/mol. The van der Waals surface area contributed by atoms with Gasteiger partial charge in [0.1, 0.15) is 0 Å². The summed E-state index contributed by atoms with van der Waals surface area (Å²) in [5.74, 6) is 0.255. The number of amides is 1. The summed E-state index contributed by atoms with van der Waals surface area (Å²) in [7, 11) is 3.08. The molecule has 1 amide bonds. The SMILES string of the molecule is CCNC(=O)COC(=O)/C=C/c1ccc(OC)c(OC)c1. The topological polar surface area (TPSA) is 73.9 Å². The van der Waals surface area contributed by atoms with Gasteiger partial charge in [-0.15, -0.1) is 0 Å². The van der Waals surface area contributed by atoms with E-state index in [0.29, 0.717) is 18.0 Å². The van der Waals surface area contributed by atoms with E-state index in [2.05, 4.69) is 5.32 Å². The van der Waals surface area contributed by atoms with Crippen molar-refractivity contribution in [3.8, 4) is 11.5 Å². The standard InChI is InChI=1S/C15H19NO5/c1-4-16-14(17)10-21-15(18)8-6-11-5-7-12(19-2)13(9-11)20-3/h5-9H,4,10H2,1-3H3,(H,16,17)/b8-6+. The first kappa shape index (κ1) is 16.6. The molecule has 0 unspecified atom stereocenters. The molecule has 0 saturated heterocycles. The van der Waals surface area contributed by atoms with Crippen molar-refractivity contribution >= 4 is 18.0 Å². The number of hydrogen-bond acceptors (Lipinski definition) is 5. The molecule has 6 nitrogen and oxygen atoms in total. The van der Waals surface area contributed by atoms with Crippen molar-refractivity contribution < 1.29 is 23.8 Å². The minimum atomic E-state index is -0.587. The smallest absolute Gasteiger partial charge is 0.331 e. The number of methoxy groups -OCH3 is 2. The van der Waals surface area contributed by atoms with E-state index in [1.54, 1.807) is 38.3 Å². The van der Waals surface area contributed by atoms with Crippen molar-refractivity contribution in [2.45, 2.75) is 6.92 Å². The van der Waals surface area contributed by atoms with E-state index >= 15 is 0 Å². The third-order valence-corrected chi connectivity index (χ3v) is 2.54. The average molecular weight is 293 g/mol. The molecule has 1 aromatic carbocycles. The van der Waals surface area contributed by atoms with Gasteiger partial charge in [0.25, 0.3) is 5.91 Å². The molecule has 0 spiro atoms. The van der Waals surface area contributed by atoms with Gasteiger partial charge in [-0.2, -0.15) is 0 Å². The summed E-state index contributed by atoms with van der Waals surface area (Å²) in [4.78, 5) is 22.6. The van der Waals surface area contributed by atoms with Crippen LogP contribution < -0.4 is 14.8 Å². The van der Waals surface area contributed by atoms with Gasteiger partial charge in [-0.25, -0.2) is 4.79 Å². The molecule has 114 valence electrons. The van der Waals surface area contributed by atoms with Crippen LogP contribution in [0.1, 0.15) is 12.5 Å². The fraction of sp³-hybridized carbons (Fsp3) is 0.333. The highest BCUT2D eigenvalue weighted by Crippen LogP contribution is 2.27. The number of ether oxygens (including phenoxy) is 3. The molecule has 1 rings (SSSR count). The zero-order valence-corrected chi connectivity index (χ0v) is 12.3. The van der Waals surface area contributed by atoms with Crippen molar-refractivity contribution in [1.82, 2.24) is 5.32 Å². The fourth-order valence-electron chi connectivity index (χ4n) is 1.55. The van der Waals surface area contributed by atoms with Crippen LogP contribution in [0.2, 0.25) is 0 Å². The Hall–Kier alpha value is -2.50. The molecule has 0 radical (unpaired) electrons. The van der Waals surface area contributed by atoms with Crippen molar-refractivity contribution in [3.63, 3.8) is 0 Å². The average Bonchev–Trinajstić information content (AvgIpc) is 2.50. The molecule has 1 N–H and O–H groups in total. The lowest BCUT2D eigenvalue weighted by Gasteiger charge is -2.07. The molecule has 21 heavy (non-hydrogen) atoms. The number of rotatable bonds is 7. The number of nitrogens with one attached hydrogen (secondary N) is 1. The van der Waals surface area contributed by atoms with E-state index < -0.39 is 5.97 Å². The maximum absolute atomic E-state index is 11.5. The first-order valence-corrected chi connectivity index (χ1v) is 6.44. The van der Waals surface area contributed by atoms with Crippen LogP contribution in [0.15, 0.2) is 24.3 Å². The second-order valence-electron chi connectivity index (χ2n) is 4.01. The monoisotopic (exact) mass is 293 g/mol. The summed E-state index contributed by atoms with van der Waals surface area (Å²) in [6.07, 6.45) is 2.82. The molecule has 0 bridgehead atoms. The highest BCUT2D eigenvalue weighted by molar-refractivity contribution is 5.89. The van der Waals surface area contributed by atoms with Crippen LogP contribution >= 0.6 is 0 Å². The molecular weight excluding hydrogens is 274 g/mol. The second-order valence-corrected chi connectivity index (χ2v) is 4.01. The quantitative estimate of drug-likeness (QED) is 0.607. The molecule has 0 fully saturated rings. The zero-order chi connectivity index (χ0) is 15.7. The van der Waals surface area contributed by atoms with E-state index in [0.717, 1.165) is 5.56 Å². The summed E-state index contributed by atoms with van der Waals surface area (Å²) in [5, 5.41) is 2.53. The Morgan fingerprint density at radius 2 is 1.90 bits per heavy atom. The number of carbonyl (C=O) groups excluding carboxylic acids is 2. The van der Waals surface area contributed by atoms with Gasteiger partial charge in [0, 0.05) is 12.6 Å².